The number of aromatic amines is 2. The Morgan fingerprint density at radius 2 is 2.05 bits per heavy atom. The Balaban J connectivity index is 1.76. The lowest BCUT2D eigenvalue weighted by atomic mass is 10.0. The number of methoxy groups -OCH3 is 2. The van der Waals surface area contributed by atoms with E-state index in [1.54, 1.807) is 6.20 Å². The molecule has 1 amide bonds. The molecule has 0 saturated carbocycles. The van der Waals surface area contributed by atoms with E-state index in [0.717, 1.165) is 33.0 Å². The molecule has 0 radical (unpaired) electrons. The number of carbonyl (C=O) groups is 2. The molecule has 14 nitrogen and oxygen atoms in total. The summed E-state index contributed by atoms with van der Waals surface area (Å²) >= 11 is 0. The topological polar surface area (TPSA) is 184 Å². The van der Waals surface area contributed by atoms with Gasteiger partial charge < -0.3 is 19.2 Å². The first-order valence-electron chi connectivity index (χ1n) is 11.3. The molecule has 2 N–H and O–H groups in total. The van der Waals surface area contributed by atoms with Crippen LogP contribution in [0.15, 0.2) is 51.4 Å². The lowest BCUT2D eigenvalue weighted by Gasteiger charge is -2.34. The first kappa shape index (κ1) is 25.5. The van der Waals surface area contributed by atoms with Crippen molar-refractivity contribution in [1.82, 2.24) is 19.4 Å². The molecule has 1 aliphatic heterocycles. The number of esters is 1. The van der Waals surface area contributed by atoms with Gasteiger partial charge in [0.05, 0.1) is 20.3 Å². The molecule has 37 heavy (non-hydrogen) atoms. The van der Waals surface area contributed by atoms with Crippen molar-refractivity contribution in [3.8, 4) is 0 Å². The van der Waals surface area contributed by atoms with E-state index in [1.165, 1.54) is 20.2 Å². The molecule has 3 heterocycles. The number of hydrogen-bond acceptors (Lipinski definition) is 8. The third kappa shape index (κ3) is 4.92. The maximum Gasteiger partial charge on any atom is 0.412 e. The second-order valence-corrected chi connectivity index (χ2v) is 8.45. The summed E-state index contributed by atoms with van der Waals surface area (Å²) in [7, 11) is 2.33. The Bertz CT molecular complexity index is 1490. The van der Waals surface area contributed by atoms with Crippen LogP contribution < -0.4 is 11.2 Å². The van der Waals surface area contributed by atoms with E-state index in [2.05, 4.69) is 20.0 Å². The zero-order valence-electron chi connectivity index (χ0n) is 20.3. The number of H-pyrrole nitrogens is 2. The van der Waals surface area contributed by atoms with Crippen LogP contribution in [0.2, 0.25) is 0 Å². The van der Waals surface area contributed by atoms with Gasteiger partial charge >= 0.3 is 17.8 Å². The maximum atomic E-state index is 13.1. The van der Waals surface area contributed by atoms with E-state index in [9.17, 15) is 24.7 Å². The van der Waals surface area contributed by atoms with Crippen molar-refractivity contribution >= 4 is 23.0 Å². The third-order valence-electron chi connectivity index (χ3n) is 6.28. The van der Waals surface area contributed by atoms with E-state index in [4.69, 9.17) is 14.2 Å². The molecular weight excluding hydrogens is 486 g/mol. The van der Waals surface area contributed by atoms with E-state index in [-0.39, 0.29) is 18.4 Å². The van der Waals surface area contributed by atoms with Gasteiger partial charge in [-0.25, -0.2) is 14.4 Å². The summed E-state index contributed by atoms with van der Waals surface area (Å²) in [5, 5.41) is 4.60. The number of para-hydroxylation sites is 1. The Morgan fingerprint density at radius 3 is 2.76 bits per heavy atom. The number of amides is 1. The molecule has 0 spiro atoms. The minimum Gasteiger partial charge on any atom is -0.467 e. The summed E-state index contributed by atoms with van der Waals surface area (Å²) < 4.78 is 17.2. The molecule has 14 heteroatoms. The first-order chi connectivity index (χ1) is 17.8. The normalized spacial score (nSPS) is 19.7. The van der Waals surface area contributed by atoms with Crippen LogP contribution in [-0.4, -0.2) is 64.0 Å². The first-order valence-corrected chi connectivity index (χ1v) is 11.3. The minimum absolute atomic E-state index is 0.0193. The zero-order valence-corrected chi connectivity index (χ0v) is 20.3. The van der Waals surface area contributed by atoms with Crippen molar-refractivity contribution in [2.45, 2.75) is 44.3 Å². The van der Waals surface area contributed by atoms with Crippen LogP contribution in [0.3, 0.4) is 0 Å². The zero-order chi connectivity index (χ0) is 26.7. The Hall–Kier alpha value is -4.55. The molecule has 3 aromatic rings. The fourth-order valence-corrected chi connectivity index (χ4v) is 4.48. The fourth-order valence-electron chi connectivity index (χ4n) is 4.48. The average molecular weight is 511 g/mol. The van der Waals surface area contributed by atoms with Crippen LogP contribution >= 0.6 is 0 Å². The third-order valence-corrected chi connectivity index (χ3v) is 6.28. The van der Waals surface area contributed by atoms with Gasteiger partial charge in [0, 0.05) is 46.6 Å². The highest BCUT2D eigenvalue weighted by Gasteiger charge is 2.47. The van der Waals surface area contributed by atoms with Crippen LogP contribution in [0.4, 0.5) is 4.79 Å². The summed E-state index contributed by atoms with van der Waals surface area (Å²) in [5.41, 5.74) is 9.71. The van der Waals surface area contributed by atoms with E-state index in [1.807, 2.05) is 24.3 Å². The number of ether oxygens (including phenoxy) is 3. The molecule has 0 aliphatic carbocycles. The largest absolute Gasteiger partial charge is 0.467 e. The van der Waals surface area contributed by atoms with Gasteiger partial charge in [-0.1, -0.05) is 23.3 Å². The number of benzene rings is 1. The highest BCUT2D eigenvalue weighted by atomic mass is 16.6. The van der Waals surface area contributed by atoms with E-state index >= 15 is 0 Å². The smallest absolute Gasteiger partial charge is 0.412 e. The second-order valence-electron chi connectivity index (χ2n) is 8.45. The van der Waals surface area contributed by atoms with Gasteiger partial charge in [-0.3, -0.25) is 19.2 Å². The van der Waals surface area contributed by atoms with Crippen LogP contribution in [0, 0.1) is 6.92 Å². The number of aryl methyl sites for hydroxylation is 1. The van der Waals surface area contributed by atoms with Crippen molar-refractivity contribution in [2.75, 3.05) is 14.2 Å². The van der Waals surface area contributed by atoms with Gasteiger partial charge in [0.15, 0.2) is 0 Å². The molecule has 1 saturated heterocycles. The number of nitrogens with zero attached hydrogens (tertiary/aromatic N) is 5. The molecule has 4 rings (SSSR count). The Kier molecular flexibility index (Phi) is 7.32. The van der Waals surface area contributed by atoms with Crippen molar-refractivity contribution in [3.05, 3.63) is 79.1 Å². The van der Waals surface area contributed by atoms with Gasteiger partial charge in [-0.2, -0.15) is 0 Å². The molecule has 0 bridgehead atoms. The number of azide groups is 1. The van der Waals surface area contributed by atoms with Crippen LogP contribution in [-0.2, 0) is 25.4 Å². The lowest BCUT2D eigenvalue weighted by Crippen LogP contribution is -2.55. The molecule has 1 aromatic carbocycles. The van der Waals surface area contributed by atoms with Gasteiger partial charge in [-0.05, 0) is 24.1 Å². The van der Waals surface area contributed by atoms with Crippen molar-refractivity contribution in [1.29, 1.82) is 0 Å². The number of nitrogens with one attached hydrogen (secondary N) is 2. The molecule has 1 aliphatic rings. The predicted molar refractivity (Wildman–Crippen MR) is 130 cm³/mol. The standard InChI is InChI=1S/C23H25N7O7/c1-12-11-29(22(33)26-19(12)31)18-9-16(27-28-24)20(37-18)30(23(34)36-3)17(21(32)35-2)8-13-10-25-15-7-5-4-6-14(13)15/h4-7,10-11,16-18,20,25H,8-9H2,1-3H3,(H,26,31,33)/t16?,17-,18?,20?/m0/s1. The van der Waals surface area contributed by atoms with Gasteiger partial charge in [0.2, 0.25) is 0 Å². The summed E-state index contributed by atoms with van der Waals surface area (Å²) in [4.78, 5) is 59.6. The molecule has 2 aromatic heterocycles. The molecule has 4 atom stereocenters. The molecule has 3 unspecified atom stereocenters. The van der Waals surface area contributed by atoms with Crippen LogP contribution in [0.5, 0.6) is 0 Å². The lowest BCUT2D eigenvalue weighted by molar-refractivity contribution is -0.154. The van der Waals surface area contributed by atoms with Gasteiger partial charge in [-0.15, -0.1) is 0 Å². The summed E-state index contributed by atoms with van der Waals surface area (Å²) in [6, 6.07) is 5.22. The average Bonchev–Trinajstić information content (AvgIpc) is 3.49. The Morgan fingerprint density at radius 1 is 1.30 bits per heavy atom. The number of rotatable bonds is 7. The van der Waals surface area contributed by atoms with Crippen LogP contribution in [0.25, 0.3) is 21.3 Å². The highest BCUT2D eigenvalue weighted by Crippen LogP contribution is 2.34. The number of fused-ring (bicyclic) bond motifs is 1. The van der Waals surface area contributed by atoms with Crippen molar-refractivity contribution in [3.63, 3.8) is 0 Å². The SMILES string of the molecule is COC(=O)[C@H](Cc1c[nH]c2ccccc12)N(C(=O)OC)C1OC(n2cc(C)c(=O)[nH]c2=O)CC1N=[N+]=[N-]. The maximum absolute atomic E-state index is 13.1. The number of carbonyl (C=O) groups excluding carboxylic acids is 2. The van der Waals surface area contributed by atoms with Gasteiger partial charge in [0.25, 0.3) is 5.56 Å². The molecular formula is C23H25N7O7. The van der Waals surface area contributed by atoms with E-state index < -0.39 is 47.9 Å². The predicted octanol–water partition coefficient (Wildman–Crippen LogP) is 2.10. The number of hydrogen-bond donors (Lipinski definition) is 2. The van der Waals surface area contributed by atoms with Crippen molar-refractivity contribution in [2.24, 2.45) is 5.11 Å². The van der Waals surface area contributed by atoms with E-state index in [0.29, 0.717) is 0 Å². The summed E-state index contributed by atoms with van der Waals surface area (Å²) in [6.45, 7) is 1.52. The van der Waals surface area contributed by atoms with Crippen molar-refractivity contribution < 1.29 is 23.8 Å². The number of aromatic nitrogens is 3. The molecule has 1 fully saturated rings. The summed E-state index contributed by atoms with van der Waals surface area (Å²) in [5.74, 6) is -0.750. The second kappa shape index (κ2) is 10.6. The Labute approximate surface area is 209 Å². The van der Waals surface area contributed by atoms with Gasteiger partial charge in [0.1, 0.15) is 18.5 Å². The minimum atomic E-state index is -1.29. The fraction of sp³-hybridized carbons (Fsp3) is 0.391. The molecule has 194 valence electrons. The highest BCUT2D eigenvalue weighted by molar-refractivity contribution is 5.86. The quantitative estimate of drug-likeness (QED) is 0.210. The monoisotopic (exact) mass is 511 g/mol. The summed E-state index contributed by atoms with van der Waals surface area (Å²) in [6.07, 6.45) is -0.186. The van der Waals surface area contributed by atoms with Crippen LogP contribution in [0.1, 0.15) is 23.8 Å².